The van der Waals surface area contributed by atoms with Gasteiger partial charge in [-0.15, -0.1) is 0 Å². The molecule has 2 amide bonds. The summed E-state index contributed by atoms with van der Waals surface area (Å²) in [6.07, 6.45) is -0.342. The minimum absolute atomic E-state index is 0.197. The zero-order chi connectivity index (χ0) is 17.0. The molecule has 0 saturated carbocycles. The maximum absolute atomic E-state index is 12.0. The largest absolute Gasteiger partial charge is 0.495 e. The lowest BCUT2D eigenvalue weighted by atomic mass is 10.2. The topological polar surface area (TPSA) is 93.7 Å². The Morgan fingerprint density at radius 3 is 2.74 bits per heavy atom. The molecule has 0 radical (unpaired) electrons. The predicted molar refractivity (Wildman–Crippen MR) is 83.4 cm³/mol. The van der Waals surface area contributed by atoms with Gasteiger partial charge in [-0.1, -0.05) is 11.6 Å². The summed E-state index contributed by atoms with van der Waals surface area (Å²) < 4.78 is 10.1. The summed E-state index contributed by atoms with van der Waals surface area (Å²) in [5, 5.41) is 5.44. The molecular formula is C15H17ClN2O5. The minimum Gasteiger partial charge on any atom is -0.495 e. The molecule has 1 saturated heterocycles. The van der Waals surface area contributed by atoms with Gasteiger partial charge >= 0.3 is 5.97 Å². The van der Waals surface area contributed by atoms with Crippen LogP contribution in [0.15, 0.2) is 18.2 Å². The number of halogens is 1. The van der Waals surface area contributed by atoms with Gasteiger partial charge in [0, 0.05) is 12.1 Å². The summed E-state index contributed by atoms with van der Waals surface area (Å²) in [6, 6.07) is 4.08. The molecule has 2 N–H and O–H groups in total. The van der Waals surface area contributed by atoms with E-state index < -0.39 is 24.0 Å². The molecule has 0 aliphatic carbocycles. The maximum atomic E-state index is 12.0. The first kappa shape index (κ1) is 17.1. The third-order valence-electron chi connectivity index (χ3n) is 3.36. The Kier molecular flexibility index (Phi) is 5.44. The molecule has 1 fully saturated rings. The fourth-order valence-electron chi connectivity index (χ4n) is 2.09. The number of nitrogens with one attached hydrogen (secondary N) is 2. The summed E-state index contributed by atoms with van der Waals surface area (Å²) in [5.74, 6) is -0.826. The van der Waals surface area contributed by atoms with Gasteiger partial charge in [-0.05, 0) is 31.5 Å². The zero-order valence-electron chi connectivity index (χ0n) is 12.7. The van der Waals surface area contributed by atoms with E-state index in [1.807, 2.05) is 0 Å². The lowest BCUT2D eigenvalue weighted by molar-refractivity contribution is -0.155. The van der Waals surface area contributed by atoms with Crippen LogP contribution >= 0.6 is 11.6 Å². The number of rotatable bonds is 5. The standard InChI is InChI=1S/C15H17ClN2O5/c1-8(23-15(21)11-4-6-13(19)18-11)14(20)17-9-3-5-12(22-2)10(16)7-9/h3,5,7-8,11H,4,6H2,1-2H3,(H,17,20)(H,18,19)/t8-,11-/m1/s1. The molecular weight excluding hydrogens is 324 g/mol. The van der Waals surface area contributed by atoms with E-state index in [1.54, 1.807) is 12.1 Å². The molecule has 23 heavy (non-hydrogen) atoms. The van der Waals surface area contributed by atoms with E-state index in [0.717, 1.165) is 0 Å². The molecule has 1 aromatic carbocycles. The molecule has 0 unspecified atom stereocenters. The van der Waals surface area contributed by atoms with E-state index >= 15 is 0 Å². The minimum atomic E-state index is -0.999. The van der Waals surface area contributed by atoms with Crippen molar-refractivity contribution < 1.29 is 23.9 Å². The van der Waals surface area contributed by atoms with Crippen molar-refractivity contribution >= 4 is 35.1 Å². The molecule has 1 aliphatic rings. The third-order valence-corrected chi connectivity index (χ3v) is 3.66. The number of anilines is 1. The average Bonchev–Trinajstić information content (AvgIpc) is 2.94. The molecule has 0 spiro atoms. The molecule has 1 aliphatic heterocycles. The summed E-state index contributed by atoms with van der Waals surface area (Å²) in [6.45, 7) is 1.45. The number of ether oxygens (including phenoxy) is 2. The molecule has 0 aromatic heterocycles. The van der Waals surface area contributed by atoms with Crippen LogP contribution in [-0.4, -0.2) is 37.0 Å². The molecule has 2 atom stereocenters. The van der Waals surface area contributed by atoms with Crippen molar-refractivity contribution in [2.45, 2.75) is 31.9 Å². The Morgan fingerprint density at radius 2 is 2.17 bits per heavy atom. The SMILES string of the molecule is COc1ccc(NC(=O)[C@@H](C)OC(=O)[C@H]2CCC(=O)N2)cc1Cl. The lowest BCUT2D eigenvalue weighted by Gasteiger charge is -2.16. The van der Waals surface area contributed by atoms with Crippen molar-refractivity contribution in [3.8, 4) is 5.75 Å². The van der Waals surface area contributed by atoms with E-state index in [2.05, 4.69) is 10.6 Å². The van der Waals surface area contributed by atoms with Crippen molar-refractivity contribution in [2.75, 3.05) is 12.4 Å². The van der Waals surface area contributed by atoms with Crippen LogP contribution < -0.4 is 15.4 Å². The molecule has 2 rings (SSSR count). The fraction of sp³-hybridized carbons (Fsp3) is 0.400. The number of amides is 2. The van der Waals surface area contributed by atoms with Gasteiger partial charge in [-0.2, -0.15) is 0 Å². The van der Waals surface area contributed by atoms with Crippen LogP contribution in [0.5, 0.6) is 5.75 Å². The van der Waals surface area contributed by atoms with Crippen LogP contribution in [0.25, 0.3) is 0 Å². The van der Waals surface area contributed by atoms with Crippen molar-refractivity contribution in [3.05, 3.63) is 23.2 Å². The Morgan fingerprint density at radius 1 is 1.43 bits per heavy atom. The van der Waals surface area contributed by atoms with E-state index in [4.69, 9.17) is 21.1 Å². The summed E-state index contributed by atoms with van der Waals surface area (Å²) in [5.41, 5.74) is 0.456. The van der Waals surface area contributed by atoms with Crippen LogP contribution in [0.4, 0.5) is 5.69 Å². The number of hydrogen-bond acceptors (Lipinski definition) is 5. The second-order valence-corrected chi connectivity index (χ2v) is 5.48. The van der Waals surface area contributed by atoms with Gasteiger partial charge in [0.15, 0.2) is 6.10 Å². The highest BCUT2D eigenvalue weighted by Gasteiger charge is 2.30. The summed E-state index contributed by atoms with van der Waals surface area (Å²) >= 11 is 5.97. The Balaban J connectivity index is 1.91. The van der Waals surface area contributed by atoms with Gasteiger partial charge in [-0.25, -0.2) is 4.79 Å². The molecule has 7 nitrogen and oxygen atoms in total. The molecule has 1 heterocycles. The second kappa shape index (κ2) is 7.32. The molecule has 124 valence electrons. The van der Waals surface area contributed by atoms with E-state index in [1.165, 1.54) is 20.1 Å². The summed E-state index contributed by atoms with van der Waals surface area (Å²) in [7, 11) is 1.49. The highest BCUT2D eigenvalue weighted by Crippen LogP contribution is 2.27. The van der Waals surface area contributed by atoms with Gasteiger partial charge in [0.2, 0.25) is 5.91 Å². The van der Waals surface area contributed by atoms with Gasteiger partial charge in [0.1, 0.15) is 11.8 Å². The lowest BCUT2D eigenvalue weighted by Crippen LogP contribution is -2.39. The quantitative estimate of drug-likeness (QED) is 0.792. The first-order chi connectivity index (χ1) is 10.9. The van der Waals surface area contributed by atoms with Crippen LogP contribution in [0, 0.1) is 0 Å². The zero-order valence-corrected chi connectivity index (χ0v) is 13.5. The Bertz CT molecular complexity index is 634. The van der Waals surface area contributed by atoms with Gasteiger partial charge < -0.3 is 20.1 Å². The van der Waals surface area contributed by atoms with Crippen LogP contribution in [0.3, 0.4) is 0 Å². The summed E-state index contributed by atoms with van der Waals surface area (Å²) in [4.78, 5) is 35.0. The molecule has 1 aromatic rings. The predicted octanol–water partition coefficient (Wildman–Crippen LogP) is 1.50. The van der Waals surface area contributed by atoms with E-state index in [0.29, 0.717) is 22.9 Å². The van der Waals surface area contributed by atoms with Crippen LogP contribution in [0.1, 0.15) is 19.8 Å². The van der Waals surface area contributed by atoms with Crippen molar-refractivity contribution in [2.24, 2.45) is 0 Å². The fourth-order valence-corrected chi connectivity index (χ4v) is 2.35. The monoisotopic (exact) mass is 340 g/mol. The van der Waals surface area contributed by atoms with Crippen LogP contribution in [-0.2, 0) is 19.1 Å². The van der Waals surface area contributed by atoms with Gasteiger partial charge in [0.25, 0.3) is 5.91 Å². The van der Waals surface area contributed by atoms with Gasteiger partial charge in [-0.3, -0.25) is 9.59 Å². The number of carbonyl (C=O) groups is 3. The van der Waals surface area contributed by atoms with Crippen molar-refractivity contribution in [1.29, 1.82) is 0 Å². The van der Waals surface area contributed by atoms with Gasteiger partial charge in [0.05, 0.1) is 12.1 Å². The first-order valence-electron chi connectivity index (χ1n) is 7.05. The third kappa shape index (κ3) is 4.35. The highest BCUT2D eigenvalue weighted by molar-refractivity contribution is 6.32. The second-order valence-electron chi connectivity index (χ2n) is 5.08. The number of esters is 1. The normalized spacial score (nSPS) is 18.0. The Labute approximate surface area is 138 Å². The molecule has 0 bridgehead atoms. The average molecular weight is 341 g/mol. The molecule has 8 heteroatoms. The van der Waals surface area contributed by atoms with Crippen LogP contribution in [0.2, 0.25) is 5.02 Å². The number of hydrogen-bond donors (Lipinski definition) is 2. The van der Waals surface area contributed by atoms with Crippen molar-refractivity contribution in [1.82, 2.24) is 5.32 Å². The number of methoxy groups -OCH3 is 1. The highest BCUT2D eigenvalue weighted by atomic mass is 35.5. The maximum Gasteiger partial charge on any atom is 0.329 e. The smallest absolute Gasteiger partial charge is 0.329 e. The Hall–Kier alpha value is -2.28. The van der Waals surface area contributed by atoms with E-state index in [-0.39, 0.29) is 12.3 Å². The first-order valence-corrected chi connectivity index (χ1v) is 7.42. The number of benzene rings is 1. The van der Waals surface area contributed by atoms with E-state index in [9.17, 15) is 14.4 Å². The van der Waals surface area contributed by atoms with Crippen molar-refractivity contribution in [3.63, 3.8) is 0 Å². The number of carbonyl (C=O) groups excluding carboxylic acids is 3.